The molecular weight excluding hydrogens is 457 g/mol. The van der Waals surface area contributed by atoms with Gasteiger partial charge in [-0.25, -0.2) is 8.42 Å². The average Bonchev–Trinajstić information content (AvgIpc) is 2.54. The standard InChI is InChI=1S/C16H27N3O2S2.HI/c1-5-17-16(18-11-12-23(20,21)6-2)19(3)13-14-7-9-15(22-4)10-8-14;/h7-10H,5-6,11-13H2,1-4H3,(H,17,18);1H. The zero-order chi connectivity index (χ0) is 17.3. The third-order valence-corrected chi connectivity index (χ3v) is 5.81. The SMILES string of the molecule is CCNC(=NCCS(=O)(=O)CC)N(C)Cc1ccc(SC)cc1.I. The van der Waals surface area contributed by atoms with Crippen molar-refractivity contribution in [2.75, 3.05) is 37.9 Å². The second-order valence-corrected chi connectivity index (χ2v) is 8.53. The van der Waals surface area contributed by atoms with Crippen molar-refractivity contribution in [1.82, 2.24) is 10.2 Å². The molecule has 5 nitrogen and oxygen atoms in total. The van der Waals surface area contributed by atoms with Gasteiger partial charge in [-0.1, -0.05) is 19.1 Å². The Labute approximate surface area is 167 Å². The predicted octanol–water partition coefficient (Wildman–Crippen LogP) is 2.86. The van der Waals surface area contributed by atoms with Crippen LogP contribution in [0.2, 0.25) is 0 Å². The summed E-state index contributed by atoms with van der Waals surface area (Å²) in [6.07, 6.45) is 2.06. The van der Waals surface area contributed by atoms with Gasteiger partial charge in [0.2, 0.25) is 0 Å². The smallest absolute Gasteiger partial charge is 0.193 e. The lowest BCUT2D eigenvalue weighted by molar-refractivity contribution is 0.477. The first-order valence-electron chi connectivity index (χ1n) is 7.74. The Morgan fingerprint density at radius 2 is 1.88 bits per heavy atom. The number of halogens is 1. The van der Waals surface area contributed by atoms with Gasteiger partial charge in [-0.05, 0) is 30.9 Å². The van der Waals surface area contributed by atoms with Crippen molar-refractivity contribution >= 4 is 51.5 Å². The molecule has 0 unspecified atom stereocenters. The summed E-state index contributed by atoms with van der Waals surface area (Å²) in [4.78, 5) is 7.67. The number of rotatable bonds is 8. The van der Waals surface area contributed by atoms with E-state index in [-0.39, 0.29) is 42.0 Å². The molecule has 0 saturated carbocycles. The minimum absolute atomic E-state index is 0. The molecule has 0 spiro atoms. The first-order valence-corrected chi connectivity index (χ1v) is 10.8. The number of hydrogen-bond acceptors (Lipinski definition) is 4. The van der Waals surface area contributed by atoms with Crippen LogP contribution in [0, 0.1) is 0 Å². The highest BCUT2D eigenvalue weighted by atomic mass is 127. The van der Waals surface area contributed by atoms with Crippen LogP contribution in [0.1, 0.15) is 19.4 Å². The molecule has 0 radical (unpaired) electrons. The second-order valence-electron chi connectivity index (χ2n) is 5.18. The second kappa shape index (κ2) is 12.0. The predicted molar refractivity (Wildman–Crippen MR) is 115 cm³/mol. The molecule has 0 atom stereocenters. The molecule has 0 amide bonds. The minimum atomic E-state index is -2.98. The lowest BCUT2D eigenvalue weighted by Crippen LogP contribution is -2.38. The van der Waals surface area contributed by atoms with Crippen LogP contribution in [0.5, 0.6) is 0 Å². The van der Waals surface area contributed by atoms with Crippen LogP contribution in [0.3, 0.4) is 0 Å². The van der Waals surface area contributed by atoms with Crippen molar-refractivity contribution in [3.05, 3.63) is 29.8 Å². The molecule has 0 heterocycles. The topological polar surface area (TPSA) is 61.8 Å². The highest BCUT2D eigenvalue weighted by Gasteiger charge is 2.09. The van der Waals surface area contributed by atoms with Crippen molar-refractivity contribution in [3.8, 4) is 0 Å². The summed E-state index contributed by atoms with van der Waals surface area (Å²) >= 11 is 1.72. The molecule has 0 aromatic heterocycles. The van der Waals surface area contributed by atoms with Crippen molar-refractivity contribution in [1.29, 1.82) is 0 Å². The Balaban J connectivity index is 0.00000529. The third kappa shape index (κ3) is 8.57. The van der Waals surface area contributed by atoms with Gasteiger partial charge in [0.1, 0.15) is 0 Å². The number of aliphatic imine (C=N–C) groups is 1. The maximum absolute atomic E-state index is 11.6. The van der Waals surface area contributed by atoms with Gasteiger partial charge in [-0.2, -0.15) is 0 Å². The number of hydrogen-bond donors (Lipinski definition) is 1. The Hall–Kier alpha value is -0.480. The molecule has 8 heteroatoms. The fourth-order valence-corrected chi connectivity index (χ4v) is 3.05. The summed E-state index contributed by atoms with van der Waals surface area (Å²) in [5.74, 6) is 0.985. The number of thioether (sulfide) groups is 1. The molecule has 1 N–H and O–H groups in total. The van der Waals surface area contributed by atoms with Crippen LogP contribution in [0.25, 0.3) is 0 Å². The first-order chi connectivity index (χ1) is 10.9. The molecule has 0 aliphatic heterocycles. The van der Waals surface area contributed by atoms with Crippen LogP contribution in [-0.4, -0.2) is 57.2 Å². The summed E-state index contributed by atoms with van der Waals surface area (Å²) in [5, 5.41) is 3.21. The van der Waals surface area contributed by atoms with Crippen LogP contribution in [0.4, 0.5) is 0 Å². The fourth-order valence-electron chi connectivity index (χ4n) is 1.98. The Morgan fingerprint density at radius 3 is 2.38 bits per heavy atom. The monoisotopic (exact) mass is 485 g/mol. The summed E-state index contributed by atoms with van der Waals surface area (Å²) in [6.45, 7) is 5.42. The lowest BCUT2D eigenvalue weighted by atomic mass is 10.2. The fraction of sp³-hybridized carbons (Fsp3) is 0.562. The lowest BCUT2D eigenvalue weighted by Gasteiger charge is -2.22. The summed E-state index contributed by atoms with van der Waals surface area (Å²) in [7, 11) is -1.02. The molecule has 138 valence electrons. The normalized spacial score (nSPS) is 11.8. The molecule has 24 heavy (non-hydrogen) atoms. The summed E-state index contributed by atoms with van der Waals surface area (Å²) in [5.41, 5.74) is 1.19. The minimum Gasteiger partial charge on any atom is -0.357 e. The van der Waals surface area contributed by atoms with E-state index >= 15 is 0 Å². The van der Waals surface area contributed by atoms with Crippen LogP contribution >= 0.6 is 35.7 Å². The summed E-state index contributed by atoms with van der Waals surface area (Å²) in [6, 6.07) is 8.42. The molecule has 1 aromatic rings. The van der Waals surface area contributed by atoms with Crippen molar-refractivity contribution < 1.29 is 8.42 Å². The van der Waals surface area contributed by atoms with E-state index in [1.54, 1.807) is 18.7 Å². The molecule has 0 aliphatic rings. The third-order valence-electron chi connectivity index (χ3n) is 3.38. The Kier molecular flexibility index (Phi) is 11.7. The number of sulfone groups is 1. The zero-order valence-corrected chi connectivity index (χ0v) is 18.7. The van der Waals surface area contributed by atoms with E-state index < -0.39 is 9.84 Å². The Bertz CT molecular complexity index is 604. The van der Waals surface area contributed by atoms with Gasteiger partial charge in [-0.3, -0.25) is 4.99 Å². The van der Waals surface area contributed by atoms with Gasteiger partial charge in [0, 0.05) is 30.8 Å². The quantitative estimate of drug-likeness (QED) is 0.266. The molecule has 0 saturated heterocycles. The molecular formula is C16H28IN3O2S2. The average molecular weight is 485 g/mol. The maximum Gasteiger partial charge on any atom is 0.193 e. The van der Waals surface area contributed by atoms with Crippen LogP contribution < -0.4 is 5.32 Å². The van der Waals surface area contributed by atoms with Gasteiger partial charge in [-0.15, -0.1) is 35.7 Å². The van der Waals surface area contributed by atoms with Gasteiger partial charge in [0.05, 0.1) is 12.3 Å². The van der Waals surface area contributed by atoms with Crippen molar-refractivity contribution in [2.45, 2.75) is 25.3 Å². The zero-order valence-electron chi connectivity index (χ0n) is 14.8. The van der Waals surface area contributed by atoms with E-state index in [2.05, 4.69) is 40.8 Å². The molecule has 0 aliphatic carbocycles. The Morgan fingerprint density at radius 1 is 1.25 bits per heavy atom. The van der Waals surface area contributed by atoms with Crippen LogP contribution in [-0.2, 0) is 16.4 Å². The van der Waals surface area contributed by atoms with E-state index in [1.807, 2.05) is 18.9 Å². The first kappa shape index (κ1) is 23.5. The van der Waals surface area contributed by atoms with Gasteiger partial charge in [0.15, 0.2) is 15.8 Å². The summed E-state index contributed by atoms with van der Waals surface area (Å²) < 4.78 is 23.1. The van der Waals surface area contributed by atoms with E-state index in [0.717, 1.165) is 19.0 Å². The van der Waals surface area contributed by atoms with Gasteiger partial charge in [0.25, 0.3) is 0 Å². The molecule has 1 rings (SSSR count). The van der Waals surface area contributed by atoms with E-state index in [0.29, 0.717) is 0 Å². The molecule has 0 fully saturated rings. The van der Waals surface area contributed by atoms with Gasteiger partial charge >= 0.3 is 0 Å². The molecule has 1 aromatic carbocycles. The highest BCUT2D eigenvalue weighted by molar-refractivity contribution is 14.0. The number of nitrogens with zero attached hydrogens (tertiary/aromatic N) is 2. The van der Waals surface area contributed by atoms with E-state index in [1.165, 1.54) is 10.5 Å². The van der Waals surface area contributed by atoms with Crippen molar-refractivity contribution in [2.24, 2.45) is 4.99 Å². The van der Waals surface area contributed by atoms with Crippen molar-refractivity contribution in [3.63, 3.8) is 0 Å². The van der Waals surface area contributed by atoms with Crippen LogP contribution in [0.15, 0.2) is 34.2 Å². The number of guanidine groups is 1. The van der Waals surface area contributed by atoms with E-state index in [4.69, 9.17) is 0 Å². The van der Waals surface area contributed by atoms with E-state index in [9.17, 15) is 8.42 Å². The number of nitrogens with one attached hydrogen (secondary N) is 1. The highest BCUT2D eigenvalue weighted by Crippen LogP contribution is 2.15. The number of benzene rings is 1. The van der Waals surface area contributed by atoms with Gasteiger partial charge < -0.3 is 10.2 Å². The molecule has 0 bridgehead atoms. The maximum atomic E-state index is 11.6. The largest absolute Gasteiger partial charge is 0.357 e.